The van der Waals surface area contributed by atoms with Gasteiger partial charge < -0.3 is 10.6 Å². The molecular formula is C16H13N3O. The number of carbonyl (C=O) groups is 1. The van der Waals surface area contributed by atoms with Crippen molar-refractivity contribution < 1.29 is 4.79 Å². The van der Waals surface area contributed by atoms with Crippen LogP contribution in [0.1, 0.15) is 33.2 Å². The summed E-state index contributed by atoms with van der Waals surface area (Å²) in [7, 11) is 0. The molecule has 98 valence electrons. The first-order valence-corrected chi connectivity index (χ1v) is 6.36. The molecule has 1 aliphatic rings. The minimum absolute atomic E-state index is 0.102. The van der Waals surface area contributed by atoms with Gasteiger partial charge >= 0.3 is 0 Å². The number of aryl methyl sites for hydroxylation is 1. The van der Waals surface area contributed by atoms with E-state index < -0.39 is 0 Å². The third-order valence-electron chi connectivity index (χ3n) is 3.43. The molecule has 2 aromatic carbocycles. The molecule has 0 aliphatic carbocycles. The van der Waals surface area contributed by atoms with Crippen LogP contribution < -0.4 is 10.6 Å². The van der Waals surface area contributed by atoms with Gasteiger partial charge in [0.25, 0.3) is 5.91 Å². The molecule has 0 aromatic heterocycles. The average Bonchev–Trinajstić information content (AvgIpc) is 2.48. The van der Waals surface area contributed by atoms with Crippen LogP contribution in [0.5, 0.6) is 0 Å². The van der Waals surface area contributed by atoms with Crippen LogP contribution in [-0.2, 0) is 0 Å². The molecule has 4 heteroatoms. The van der Waals surface area contributed by atoms with Gasteiger partial charge in [0.05, 0.1) is 22.9 Å². The Bertz CT molecular complexity index is 731. The van der Waals surface area contributed by atoms with Crippen LogP contribution in [-0.4, -0.2) is 5.91 Å². The smallest absolute Gasteiger partial charge is 0.255 e. The molecule has 1 aliphatic heterocycles. The first kappa shape index (κ1) is 12.2. The van der Waals surface area contributed by atoms with Crippen molar-refractivity contribution in [2.24, 2.45) is 0 Å². The molecule has 1 atom stereocenters. The van der Waals surface area contributed by atoms with Crippen molar-refractivity contribution in [1.29, 1.82) is 5.26 Å². The standard InChI is InChI=1S/C16H13N3O/c1-10-4-2-7-13-14(10)18-15(19-16(13)20)12-6-3-5-11(8-12)9-17/h2-8,15,18H,1H3,(H,19,20). The van der Waals surface area contributed by atoms with Crippen LogP contribution in [0.4, 0.5) is 5.69 Å². The summed E-state index contributed by atoms with van der Waals surface area (Å²) in [5.41, 5.74) is 3.97. The fourth-order valence-corrected chi connectivity index (χ4v) is 2.39. The van der Waals surface area contributed by atoms with Crippen LogP contribution >= 0.6 is 0 Å². The van der Waals surface area contributed by atoms with E-state index in [-0.39, 0.29) is 12.1 Å². The SMILES string of the molecule is Cc1cccc2c1NC(c1cccc(C#N)c1)NC2=O. The van der Waals surface area contributed by atoms with Gasteiger partial charge in [-0.3, -0.25) is 4.79 Å². The number of nitriles is 1. The van der Waals surface area contributed by atoms with E-state index in [4.69, 9.17) is 5.26 Å². The van der Waals surface area contributed by atoms with E-state index in [0.29, 0.717) is 11.1 Å². The van der Waals surface area contributed by atoms with Crippen molar-refractivity contribution in [2.45, 2.75) is 13.1 Å². The van der Waals surface area contributed by atoms with Gasteiger partial charge in [-0.1, -0.05) is 24.3 Å². The Morgan fingerprint density at radius 1 is 1.15 bits per heavy atom. The van der Waals surface area contributed by atoms with Crippen LogP contribution in [0.15, 0.2) is 42.5 Å². The van der Waals surface area contributed by atoms with Crippen LogP contribution in [0.2, 0.25) is 0 Å². The fourth-order valence-electron chi connectivity index (χ4n) is 2.39. The highest BCUT2D eigenvalue weighted by atomic mass is 16.2. The zero-order chi connectivity index (χ0) is 14.1. The van der Waals surface area contributed by atoms with Crippen molar-refractivity contribution >= 4 is 11.6 Å². The Labute approximate surface area is 117 Å². The largest absolute Gasteiger partial charge is 0.361 e. The molecule has 0 fully saturated rings. The Hall–Kier alpha value is -2.80. The van der Waals surface area contributed by atoms with Crippen molar-refractivity contribution in [3.05, 3.63) is 64.7 Å². The van der Waals surface area contributed by atoms with Crippen molar-refractivity contribution in [1.82, 2.24) is 5.32 Å². The topological polar surface area (TPSA) is 64.9 Å². The van der Waals surface area contributed by atoms with Gasteiger partial charge in [0.15, 0.2) is 0 Å². The number of benzene rings is 2. The summed E-state index contributed by atoms with van der Waals surface area (Å²) in [4.78, 5) is 12.2. The lowest BCUT2D eigenvalue weighted by molar-refractivity contribution is 0.0935. The van der Waals surface area contributed by atoms with Gasteiger partial charge in [0, 0.05) is 0 Å². The molecule has 0 spiro atoms. The number of carbonyl (C=O) groups excluding carboxylic acids is 1. The van der Waals surface area contributed by atoms with Gasteiger partial charge in [-0.15, -0.1) is 0 Å². The number of nitrogens with zero attached hydrogens (tertiary/aromatic N) is 1. The van der Waals surface area contributed by atoms with E-state index >= 15 is 0 Å². The van der Waals surface area contributed by atoms with Crippen molar-refractivity contribution in [3.8, 4) is 6.07 Å². The van der Waals surface area contributed by atoms with Crippen LogP contribution in [0.25, 0.3) is 0 Å². The lowest BCUT2D eigenvalue weighted by Crippen LogP contribution is -2.38. The zero-order valence-electron chi connectivity index (χ0n) is 11.0. The second-order valence-corrected chi connectivity index (χ2v) is 4.79. The molecule has 2 N–H and O–H groups in total. The highest BCUT2D eigenvalue weighted by Gasteiger charge is 2.25. The van der Waals surface area contributed by atoms with E-state index in [1.807, 2.05) is 31.2 Å². The normalized spacial score (nSPS) is 16.6. The monoisotopic (exact) mass is 263 g/mol. The molecule has 1 heterocycles. The van der Waals surface area contributed by atoms with E-state index in [1.54, 1.807) is 18.2 Å². The van der Waals surface area contributed by atoms with Gasteiger partial charge in [-0.2, -0.15) is 5.26 Å². The van der Waals surface area contributed by atoms with Crippen molar-refractivity contribution in [3.63, 3.8) is 0 Å². The summed E-state index contributed by atoms with van der Waals surface area (Å²) in [6.45, 7) is 1.97. The summed E-state index contributed by atoms with van der Waals surface area (Å²) in [6.07, 6.45) is -0.315. The Kier molecular flexibility index (Phi) is 2.88. The summed E-state index contributed by atoms with van der Waals surface area (Å²) in [5, 5.41) is 15.2. The summed E-state index contributed by atoms with van der Waals surface area (Å²) in [5.74, 6) is -0.102. The van der Waals surface area contributed by atoms with E-state index in [1.165, 1.54) is 0 Å². The van der Waals surface area contributed by atoms with Gasteiger partial charge in [0.2, 0.25) is 0 Å². The first-order valence-electron chi connectivity index (χ1n) is 6.36. The number of amides is 1. The highest BCUT2D eigenvalue weighted by Crippen LogP contribution is 2.29. The highest BCUT2D eigenvalue weighted by molar-refractivity contribution is 6.02. The molecular weight excluding hydrogens is 250 g/mol. The lowest BCUT2D eigenvalue weighted by Gasteiger charge is -2.29. The second kappa shape index (κ2) is 4.71. The molecule has 2 aromatic rings. The summed E-state index contributed by atoms with van der Waals surface area (Å²) in [6, 6.07) is 15.0. The van der Waals surface area contributed by atoms with Crippen LogP contribution in [0, 0.1) is 18.3 Å². The maximum atomic E-state index is 12.2. The molecule has 0 saturated heterocycles. The number of rotatable bonds is 1. The number of fused-ring (bicyclic) bond motifs is 1. The number of anilines is 1. The molecule has 1 unspecified atom stereocenters. The number of nitrogens with one attached hydrogen (secondary N) is 2. The molecule has 3 rings (SSSR count). The third-order valence-corrected chi connectivity index (χ3v) is 3.43. The first-order chi connectivity index (χ1) is 9.69. The maximum Gasteiger partial charge on any atom is 0.255 e. The predicted molar refractivity (Wildman–Crippen MR) is 76.2 cm³/mol. The molecule has 0 bridgehead atoms. The quantitative estimate of drug-likeness (QED) is 0.831. The fraction of sp³-hybridized carbons (Fsp3) is 0.125. The van der Waals surface area contributed by atoms with E-state index in [0.717, 1.165) is 16.8 Å². The number of hydrogen-bond donors (Lipinski definition) is 2. The molecule has 1 amide bonds. The summed E-state index contributed by atoms with van der Waals surface area (Å²) < 4.78 is 0. The third kappa shape index (κ3) is 1.99. The minimum Gasteiger partial charge on any atom is -0.361 e. The van der Waals surface area contributed by atoms with E-state index in [2.05, 4.69) is 16.7 Å². The zero-order valence-corrected chi connectivity index (χ0v) is 11.0. The molecule has 4 nitrogen and oxygen atoms in total. The van der Waals surface area contributed by atoms with Crippen molar-refractivity contribution in [2.75, 3.05) is 5.32 Å². The Morgan fingerprint density at radius 3 is 2.75 bits per heavy atom. The Morgan fingerprint density at radius 2 is 1.95 bits per heavy atom. The van der Waals surface area contributed by atoms with E-state index in [9.17, 15) is 4.79 Å². The Balaban J connectivity index is 2.01. The summed E-state index contributed by atoms with van der Waals surface area (Å²) >= 11 is 0. The molecule has 0 saturated carbocycles. The average molecular weight is 263 g/mol. The predicted octanol–water partition coefficient (Wildman–Crippen LogP) is 2.72. The molecule has 0 radical (unpaired) electrons. The minimum atomic E-state index is -0.315. The molecule has 20 heavy (non-hydrogen) atoms. The van der Waals surface area contributed by atoms with Crippen LogP contribution in [0.3, 0.4) is 0 Å². The van der Waals surface area contributed by atoms with Gasteiger partial charge in [0.1, 0.15) is 6.17 Å². The second-order valence-electron chi connectivity index (χ2n) is 4.79. The maximum absolute atomic E-state index is 12.2. The number of hydrogen-bond acceptors (Lipinski definition) is 3. The van der Waals surface area contributed by atoms with Gasteiger partial charge in [-0.25, -0.2) is 0 Å². The van der Waals surface area contributed by atoms with Gasteiger partial charge in [-0.05, 0) is 36.2 Å². The lowest BCUT2D eigenvalue weighted by atomic mass is 10.0. The number of para-hydroxylation sites is 1.